The summed E-state index contributed by atoms with van der Waals surface area (Å²) >= 11 is 0. The minimum Gasteiger partial charge on any atom is -0.454 e. The summed E-state index contributed by atoms with van der Waals surface area (Å²) in [5.74, 6) is 1.60. The first-order valence-corrected chi connectivity index (χ1v) is 10.0. The lowest BCUT2D eigenvalue weighted by molar-refractivity contribution is -1.02. The van der Waals surface area contributed by atoms with Crippen molar-refractivity contribution in [3.05, 3.63) is 53.6 Å². The van der Waals surface area contributed by atoms with Gasteiger partial charge in [0.25, 0.3) is 5.91 Å². The number of amides is 1. The van der Waals surface area contributed by atoms with Crippen LogP contribution in [-0.4, -0.2) is 44.9 Å². The van der Waals surface area contributed by atoms with E-state index in [1.807, 2.05) is 19.1 Å². The third-order valence-corrected chi connectivity index (χ3v) is 5.80. The Morgan fingerprint density at radius 1 is 1.14 bits per heavy atom. The van der Waals surface area contributed by atoms with Gasteiger partial charge in [-0.1, -0.05) is 12.1 Å². The van der Waals surface area contributed by atoms with E-state index in [2.05, 4.69) is 23.5 Å². The van der Waals surface area contributed by atoms with E-state index < -0.39 is 0 Å². The number of nitrogens with one attached hydrogen (secondary N) is 3. The molecule has 7 nitrogen and oxygen atoms in total. The Kier molecular flexibility index (Phi) is 5.65. The number of hydrogen-bond acceptors (Lipinski definition) is 4. The molecule has 0 aliphatic carbocycles. The number of benzene rings is 2. The number of quaternary nitrogens is 2. The molecule has 0 radical (unpaired) electrons. The maximum Gasteiger partial charge on any atom is 0.282 e. The molecule has 2 aromatic carbocycles. The van der Waals surface area contributed by atoms with Gasteiger partial charge in [0.1, 0.15) is 38.8 Å². The molecule has 1 saturated heterocycles. The maximum atomic E-state index is 12.7. The molecule has 1 fully saturated rings. The third kappa shape index (κ3) is 4.34. The van der Waals surface area contributed by atoms with Crippen LogP contribution in [0.5, 0.6) is 11.5 Å². The second-order valence-electron chi connectivity index (χ2n) is 7.64. The van der Waals surface area contributed by atoms with Crippen LogP contribution in [0, 0.1) is 11.3 Å². The second kappa shape index (κ2) is 8.52. The molecule has 2 aliphatic rings. The molecule has 0 saturated carbocycles. The largest absolute Gasteiger partial charge is 0.454 e. The number of piperazine rings is 1. The zero-order valence-corrected chi connectivity index (χ0v) is 16.5. The Hall–Kier alpha value is -3.08. The number of para-hydroxylation sites is 1. The van der Waals surface area contributed by atoms with Crippen LogP contribution in [0.3, 0.4) is 0 Å². The fraction of sp³-hybridized carbons (Fsp3) is 0.364. The summed E-state index contributed by atoms with van der Waals surface area (Å²) in [6.45, 7) is 7.10. The van der Waals surface area contributed by atoms with Gasteiger partial charge in [-0.2, -0.15) is 5.26 Å². The number of rotatable bonds is 5. The Bertz CT molecular complexity index is 932. The molecule has 4 rings (SSSR count). The summed E-state index contributed by atoms with van der Waals surface area (Å²) in [4.78, 5) is 15.5. The summed E-state index contributed by atoms with van der Waals surface area (Å²) < 4.78 is 10.8. The Balaban J connectivity index is 1.29. The van der Waals surface area contributed by atoms with E-state index in [1.165, 1.54) is 15.4 Å². The van der Waals surface area contributed by atoms with E-state index in [9.17, 15) is 10.1 Å². The van der Waals surface area contributed by atoms with Crippen molar-refractivity contribution in [2.75, 3.05) is 38.3 Å². The summed E-state index contributed by atoms with van der Waals surface area (Å²) in [5.41, 5.74) is 2.31. The van der Waals surface area contributed by atoms with Crippen LogP contribution in [0.25, 0.3) is 0 Å². The topological polar surface area (TPSA) is 80.2 Å². The van der Waals surface area contributed by atoms with Gasteiger partial charge in [-0.3, -0.25) is 4.79 Å². The number of carbonyl (C=O) groups excluding carboxylic acids is 1. The zero-order valence-electron chi connectivity index (χ0n) is 16.5. The van der Waals surface area contributed by atoms with E-state index in [1.54, 1.807) is 18.2 Å². The highest BCUT2D eigenvalue weighted by Crippen LogP contribution is 2.32. The highest BCUT2D eigenvalue weighted by molar-refractivity contribution is 5.94. The summed E-state index contributed by atoms with van der Waals surface area (Å²) in [6.07, 6.45) is 0. The van der Waals surface area contributed by atoms with Crippen molar-refractivity contribution in [2.45, 2.75) is 19.5 Å². The van der Waals surface area contributed by atoms with E-state index >= 15 is 0 Å². The summed E-state index contributed by atoms with van der Waals surface area (Å²) in [5, 5.41) is 12.1. The van der Waals surface area contributed by atoms with Gasteiger partial charge in [-0.05, 0) is 37.3 Å². The van der Waals surface area contributed by atoms with Crippen LogP contribution in [-0.2, 0) is 11.3 Å². The molecular weight excluding hydrogens is 368 g/mol. The smallest absolute Gasteiger partial charge is 0.282 e. The van der Waals surface area contributed by atoms with E-state index in [0.29, 0.717) is 18.0 Å². The predicted molar refractivity (Wildman–Crippen MR) is 107 cm³/mol. The van der Waals surface area contributed by atoms with Crippen molar-refractivity contribution in [1.29, 1.82) is 5.26 Å². The molecule has 150 valence electrons. The van der Waals surface area contributed by atoms with Gasteiger partial charge in [0, 0.05) is 5.56 Å². The molecule has 2 heterocycles. The quantitative estimate of drug-likeness (QED) is 0.645. The lowest BCUT2D eigenvalue weighted by atomic mass is 10.1. The minimum absolute atomic E-state index is 0.0399. The molecule has 0 unspecified atom stereocenters. The van der Waals surface area contributed by atoms with Crippen molar-refractivity contribution >= 4 is 11.6 Å². The van der Waals surface area contributed by atoms with Crippen LogP contribution >= 0.6 is 0 Å². The second-order valence-corrected chi connectivity index (χ2v) is 7.64. The fourth-order valence-corrected chi connectivity index (χ4v) is 3.99. The highest BCUT2D eigenvalue weighted by Gasteiger charge is 2.31. The van der Waals surface area contributed by atoms with Gasteiger partial charge in [0.05, 0.1) is 11.3 Å². The number of anilines is 1. The Morgan fingerprint density at radius 2 is 1.90 bits per heavy atom. The summed E-state index contributed by atoms with van der Waals surface area (Å²) in [7, 11) is 0. The lowest BCUT2D eigenvalue weighted by Gasteiger charge is -2.32. The molecule has 0 bridgehead atoms. The zero-order chi connectivity index (χ0) is 20.2. The minimum atomic E-state index is -0.158. The molecule has 1 atom stereocenters. The number of ether oxygens (including phenoxy) is 2. The average molecular weight is 394 g/mol. The normalized spacial score (nSPS) is 21.2. The molecule has 0 spiro atoms. The molecule has 3 N–H and O–H groups in total. The SMILES string of the molecule is C[C@H](C(=O)Nc1ccccc1C#N)[NH+]1CC[NH+](Cc2ccc3c(c2)OCO3)CC1. The molecule has 1 amide bonds. The van der Waals surface area contributed by atoms with Crippen LogP contribution in [0.1, 0.15) is 18.1 Å². The highest BCUT2D eigenvalue weighted by atomic mass is 16.7. The van der Waals surface area contributed by atoms with E-state index in [0.717, 1.165) is 44.2 Å². The van der Waals surface area contributed by atoms with Crippen LogP contribution in [0.4, 0.5) is 5.69 Å². The molecule has 0 aromatic heterocycles. The van der Waals surface area contributed by atoms with E-state index in [-0.39, 0.29) is 11.9 Å². The van der Waals surface area contributed by atoms with Gasteiger partial charge in [0.2, 0.25) is 6.79 Å². The van der Waals surface area contributed by atoms with Gasteiger partial charge < -0.3 is 24.6 Å². The first-order chi connectivity index (χ1) is 14.1. The molecule has 2 aliphatic heterocycles. The molecule has 2 aromatic rings. The van der Waals surface area contributed by atoms with Gasteiger partial charge >= 0.3 is 0 Å². The standard InChI is InChI=1S/C22H24N4O3/c1-16(22(27)24-19-5-3-2-4-18(19)13-23)26-10-8-25(9-11-26)14-17-6-7-20-21(12-17)29-15-28-20/h2-7,12,16H,8-11,14-15H2,1H3,(H,24,27)/p+2/t16-/m1/s1. The van der Waals surface area contributed by atoms with Gasteiger partial charge in [0.15, 0.2) is 17.5 Å². The van der Waals surface area contributed by atoms with Crippen LogP contribution < -0.4 is 24.6 Å². The van der Waals surface area contributed by atoms with Crippen molar-refractivity contribution in [3.63, 3.8) is 0 Å². The lowest BCUT2D eigenvalue weighted by Crippen LogP contribution is -3.29. The first kappa shape index (κ1) is 19.2. The van der Waals surface area contributed by atoms with Crippen molar-refractivity contribution < 1.29 is 24.1 Å². The first-order valence-electron chi connectivity index (χ1n) is 10.0. The van der Waals surface area contributed by atoms with Crippen molar-refractivity contribution in [2.24, 2.45) is 0 Å². The van der Waals surface area contributed by atoms with E-state index in [4.69, 9.17) is 9.47 Å². The van der Waals surface area contributed by atoms with Gasteiger partial charge in [-0.15, -0.1) is 0 Å². The molecule has 7 heteroatoms. The number of hydrogen-bond donors (Lipinski definition) is 3. The van der Waals surface area contributed by atoms with Crippen LogP contribution in [0.15, 0.2) is 42.5 Å². The number of fused-ring (bicyclic) bond motifs is 1. The third-order valence-electron chi connectivity index (χ3n) is 5.80. The fourth-order valence-electron chi connectivity index (χ4n) is 3.99. The molecule has 29 heavy (non-hydrogen) atoms. The average Bonchev–Trinajstić information content (AvgIpc) is 3.22. The van der Waals surface area contributed by atoms with Crippen molar-refractivity contribution in [1.82, 2.24) is 0 Å². The Morgan fingerprint density at radius 3 is 2.69 bits per heavy atom. The number of carbonyl (C=O) groups is 1. The summed E-state index contributed by atoms with van der Waals surface area (Å²) in [6, 6.07) is 15.2. The van der Waals surface area contributed by atoms with Gasteiger partial charge in [-0.25, -0.2) is 0 Å². The number of nitriles is 1. The van der Waals surface area contributed by atoms with Crippen LogP contribution in [0.2, 0.25) is 0 Å². The number of nitrogens with zero attached hydrogens (tertiary/aromatic N) is 1. The Labute approximate surface area is 170 Å². The maximum absolute atomic E-state index is 12.7. The predicted octanol–water partition coefficient (Wildman–Crippen LogP) is -0.402. The monoisotopic (exact) mass is 394 g/mol. The molecular formula is C22H26N4O3+2. The van der Waals surface area contributed by atoms with Crippen molar-refractivity contribution in [3.8, 4) is 17.6 Å².